The number of carbonyl (C=O) groups is 4. The first-order valence-electron chi connectivity index (χ1n) is 9.97. The monoisotopic (exact) mass is 484 g/mol. The summed E-state index contributed by atoms with van der Waals surface area (Å²) in [6, 6.07) is 5.61. The standard InChI is InChI=1S/C21H32N4O5S2/c1-20(2,31)15(22)18(28)23-11-14(26)24-13(10-12-8-6-5-7-9-12)17(27)25-16(19(29)30)21(3,4)32/h5-9,13,15-16,31-32H,10-11,22H2,1-4H3,(H,23,28)(H,24,26)(H,25,27)(H,29,30)/t13-,15-,16-/m0/s1. The molecule has 0 aliphatic carbocycles. The number of rotatable bonds is 11. The second kappa shape index (κ2) is 11.6. The predicted molar refractivity (Wildman–Crippen MR) is 129 cm³/mol. The van der Waals surface area contributed by atoms with Crippen LogP contribution >= 0.6 is 25.3 Å². The number of nitrogens with two attached hydrogens (primary N) is 1. The number of amides is 3. The molecule has 1 aromatic carbocycles. The van der Waals surface area contributed by atoms with Crippen LogP contribution in [0.25, 0.3) is 0 Å². The molecule has 11 heteroatoms. The Kier molecular flexibility index (Phi) is 10.1. The SMILES string of the molecule is CC(C)(S)[C@@H](N)C(=O)NCC(=O)N[C@@H](Cc1ccccc1)C(=O)N[C@@H](C(=O)O)C(C)(C)S. The minimum Gasteiger partial charge on any atom is -0.480 e. The largest absolute Gasteiger partial charge is 0.480 e. The van der Waals surface area contributed by atoms with E-state index in [2.05, 4.69) is 41.2 Å². The Hall–Kier alpha value is -2.24. The Morgan fingerprint density at radius 1 is 0.969 bits per heavy atom. The van der Waals surface area contributed by atoms with Crippen molar-refractivity contribution in [3.63, 3.8) is 0 Å². The second-order valence-corrected chi connectivity index (χ2v) is 10.9. The highest BCUT2D eigenvalue weighted by Crippen LogP contribution is 2.18. The summed E-state index contributed by atoms with van der Waals surface area (Å²) in [6.45, 7) is 6.05. The highest BCUT2D eigenvalue weighted by atomic mass is 32.1. The van der Waals surface area contributed by atoms with Crippen molar-refractivity contribution in [2.45, 2.75) is 61.7 Å². The maximum absolute atomic E-state index is 12.9. The summed E-state index contributed by atoms with van der Waals surface area (Å²) in [6.07, 6.45) is 0.120. The van der Waals surface area contributed by atoms with E-state index in [0.717, 1.165) is 5.56 Å². The molecule has 6 N–H and O–H groups in total. The van der Waals surface area contributed by atoms with Crippen LogP contribution in [0.2, 0.25) is 0 Å². The molecule has 3 amide bonds. The van der Waals surface area contributed by atoms with Gasteiger partial charge in [-0.05, 0) is 33.3 Å². The van der Waals surface area contributed by atoms with Crippen molar-refractivity contribution in [1.82, 2.24) is 16.0 Å². The fraction of sp³-hybridized carbons (Fsp3) is 0.524. The van der Waals surface area contributed by atoms with Crippen LogP contribution < -0.4 is 21.7 Å². The van der Waals surface area contributed by atoms with E-state index in [1.54, 1.807) is 52.0 Å². The normalized spacial score (nSPS) is 14.6. The summed E-state index contributed by atoms with van der Waals surface area (Å²) in [5, 5.41) is 16.9. The zero-order valence-corrected chi connectivity index (χ0v) is 20.4. The lowest BCUT2D eigenvalue weighted by Gasteiger charge is -2.29. The van der Waals surface area contributed by atoms with Crippen LogP contribution in [0.5, 0.6) is 0 Å². The molecule has 3 atom stereocenters. The quantitative estimate of drug-likeness (QED) is 0.222. The van der Waals surface area contributed by atoms with Crippen molar-refractivity contribution < 1.29 is 24.3 Å². The van der Waals surface area contributed by atoms with Crippen molar-refractivity contribution in [2.24, 2.45) is 5.73 Å². The molecule has 0 bridgehead atoms. The van der Waals surface area contributed by atoms with Crippen molar-refractivity contribution in [3.05, 3.63) is 35.9 Å². The minimum atomic E-state index is -1.29. The van der Waals surface area contributed by atoms with Gasteiger partial charge in [0.15, 0.2) is 0 Å². The molecule has 178 valence electrons. The number of thiol groups is 2. The molecule has 9 nitrogen and oxygen atoms in total. The third-order valence-corrected chi connectivity index (χ3v) is 5.18. The van der Waals surface area contributed by atoms with Gasteiger partial charge in [0.1, 0.15) is 12.1 Å². The molecule has 0 unspecified atom stereocenters. The van der Waals surface area contributed by atoms with Crippen LogP contribution in [0.4, 0.5) is 0 Å². The van der Waals surface area contributed by atoms with Crippen LogP contribution in [-0.4, -0.2) is 63.0 Å². The number of benzene rings is 1. The number of nitrogens with one attached hydrogen (secondary N) is 3. The minimum absolute atomic E-state index is 0.120. The summed E-state index contributed by atoms with van der Waals surface area (Å²) in [5.74, 6) is -3.13. The molecule has 0 saturated carbocycles. The Morgan fingerprint density at radius 2 is 1.53 bits per heavy atom. The molecule has 1 aromatic rings. The van der Waals surface area contributed by atoms with Gasteiger partial charge in [-0.25, -0.2) is 4.79 Å². The van der Waals surface area contributed by atoms with Crippen LogP contribution in [0.15, 0.2) is 30.3 Å². The van der Waals surface area contributed by atoms with Crippen molar-refractivity contribution in [2.75, 3.05) is 6.54 Å². The van der Waals surface area contributed by atoms with Gasteiger partial charge in [0.05, 0.1) is 12.6 Å². The first-order valence-corrected chi connectivity index (χ1v) is 10.9. The van der Waals surface area contributed by atoms with Gasteiger partial charge in [-0.2, -0.15) is 25.3 Å². The molecule has 0 saturated heterocycles. The third kappa shape index (κ3) is 9.09. The molecule has 0 spiro atoms. The van der Waals surface area contributed by atoms with Gasteiger partial charge in [-0.3, -0.25) is 14.4 Å². The number of aliphatic carboxylic acids is 1. The average molecular weight is 485 g/mol. The Morgan fingerprint density at radius 3 is 2.00 bits per heavy atom. The molecule has 0 heterocycles. The van der Waals surface area contributed by atoms with Crippen LogP contribution in [0.1, 0.15) is 33.3 Å². The Labute approximate surface area is 199 Å². The zero-order valence-electron chi connectivity index (χ0n) is 18.6. The molecule has 32 heavy (non-hydrogen) atoms. The van der Waals surface area contributed by atoms with E-state index >= 15 is 0 Å². The van der Waals surface area contributed by atoms with Crippen molar-refractivity contribution >= 4 is 48.9 Å². The lowest BCUT2D eigenvalue weighted by Crippen LogP contribution is -2.58. The van der Waals surface area contributed by atoms with Crippen LogP contribution in [-0.2, 0) is 25.6 Å². The van der Waals surface area contributed by atoms with Gasteiger partial charge in [0.2, 0.25) is 17.7 Å². The van der Waals surface area contributed by atoms with Gasteiger partial charge in [0, 0.05) is 15.9 Å². The number of hydrogen-bond donors (Lipinski definition) is 7. The Balaban J connectivity index is 2.92. The van der Waals surface area contributed by atoms with Gasteiger partial charge >= 0.3 is 5.97 Å². The highest BCUT2D eigenvalue weighted by molar-refractivity contribution is 7.82. The second-order valence-electron chi connectivity index (χ2n) is 8.59. The number of carboxylic acid groups (broad SMARTS) is 1. The van der Waals surface area contributed by atoms with E-state index < -0.39 is 57.9 Å². The zero-order chi connectivity index (χ0) is 24.7. The van der Waals surface area contributed by atoms with Crippen LogP contribution in [0.3, 0.4) is 0 Å². The van der Waals surface area contributed by atoms with Gasteiger partial charge in [-0.1, -0.05) is 30.3 Å². The van der Waals surface area contributed by atoms with Crippen LogP contribution in [0, 0.1) is 0 Å². The summed E-state index contributed by atoms with van der Waals surface area (Å²) in [4.78, 5) is 49.0. The highest BCUT2D eigenvalue weighted by Gasteiger charge is 2.36. The van der Waals surface area contributed by atoms with E-state index in [0.29, 0.717) is 0 Å². The average Bonchev–Trinajstić information content (AvgIpc) is 2.67. The first-order chi connectivity index (χ1) is 14.6. The van der Waals surface area contributed by atoms with E-state index in [1.807, 2.05) is 6.07 Å². The first kappa shape index (κ1) is 27.8. The van der Waals surface area contributed by atoms with Gasteiger partial charge in [0.25, 0.3) is 0 Å². The lowest BCUT2D eigenvalue weighted by molar-refractivity contribution is -0.143. The lowest BCUT2D eigenvalue weighted by atomic mass is 10.0. The molecule has 0 radical (unpaired) electrons. The van der Waals surface area contributed by atoms with Gasteiger partial charge < -0.3 is 26.8 Å². The molecule has 0 aliphatic heterocycles. The number of carbonyl (C=O) groups excluding carboxylic acids is 3. The van der Waals surface area contributed by atoms with E-state index in [-0.39, 0.29) is 6.42 Å². The van der Waals surface area contributed by atoms with Gasteiger partial charge in [-0.15, -0.1) is 0 Å². The van der Waals surface area contributed by atoms with Crippen molar-refractivity contribution in [1.29, 1.82) is 0 Å². The maximum atomic E-state index is 12.9. The summed E-state index contributed by atoms with van der Waals surface area (Å²) >= 11 is 8.50. The van der Waals surface area contributed by atoms with E-state index in [4.69, 9.17) is 5.73 Å². The summed E-state index contributed by atoms with van der Waals surface area (Å²) in [7, 11) is 0. The van der Waals surface area contributed by atoms with Crippen molar-refractivity contribution in [3.8, 4) is 0 Å². The molecular formula is C21H32N4O5S2. The fourth-order valence-electron chi connectivity index (χ4n) is 2.69. The fourth-order valence-corrected chi connectivity index (χ4v) is 2.98. The summed E-state index contributed by atoms with van der Waals surface area (Å²) in [5.41, 5.74) is 6.57. The Bertz CT molecular complexity index is 822. The predicted octanol–water partition coefficient (Wildman–Crippen LogP) is 0.144. The number of carboxylic acids is 1. The molecule has 0 aromatic heterocycles. The molecular weight excluding hydrogens is 452 g/mol. The smallest absolute Gasteiger partial charge is 0.327 e. The summed E-state index contributed by atoms with van der Waals surface area (Å²) < 4.78 is -1.84. The maximum Gasteiger partial charge on any atom is 0.327 e. The number of hydrogen-bond acceptors (Lipinski definition) is 7. The molecule has 0 fully saturated rings. The topological polar surface area (TPSA) is 151 Å². The van der Waals surface area contributed by atoms with E-state index in [9.17, 15) is 24.3 Å². The molecule has 1 rings (SSSR count). The van der Waals surface area contributed by atoms with E-state index in [1.165, 1.54) is 0 Å². The third-order valence-electron chi connectivity index (χ3n) is 4.64. The molecule has 0 aliphatic rings.